The SMILES string of the molecule is CCc1ccc(NC(=O)c2ccc3c(c2)CN(CCOC)C(=O)CO3)cc1. The lowest BCUT2D eigenvalue weighted by molar-refractivity contribution is -0.133. The molecular formula is C21H24N2O4. The van der Waals surface area contributed by atoms with Crippen LogP contribution in [0.15, 0.2) is 42.5 Å². The van der Waals surface area contributed by atoms with Gasteiger partial charge < -0.3 is 19.7 Å². The van der Waals surface area contributed by atoms with E-state index in [1.165, 1.54) is 5.56 Å². The Morgan fingerprint density at radius 1 is 1.22 bits per heavy atom. The van der Waals surface area contributed by atoms with Gasteiger partial charge >= 0.3 is 0 Å². The second-order valence-corrected chi connectivity index (χ2v) is 6.42. The summed E-state index contributed by atoms with van der Waals surface area (Å²) < 4.78 is 10.7. The second kappa shape index (κ2) is 8.68. The van der Waals surface area contributed by atoms with Crippen molar-refractivity contribution >= 4 is 17.5 Å². The van der Waals surface area contributed by atoms with Crippen molar-refractivity contribution in [1.29, 1.82) is 0 Å². The van der Waals surface area contributed by atoms with E-state index < -0.39 is 0 Å². The van der Waals surface area contributed by atoms with Crippen LogP contribution < -0.4 is 10.1 Å². The Balaban J connectivity index is 1.75. The quantitative estimate of drug-likeness (QED) is 0.851. The van der Waals surface area contributed by atoms with Gasteiger partial charge in [-0.3, -0.25) is 9.59 Å². The molecule has 6 heteroatoms. The Kier molecular flexibility index (Phi) is 6.08. The first-order valence-electron chi connectivity index (χ1n) is 9.03. The number of carbonyl (C=O) groups is 2. The lowest BCUT2D eigenvalue weighted by Crippen LogP contribution is -2.34. The third-order valence-corrected chi connectivity index (χ3v) is 4.57. The zero-order valence-electron chi connectivity index (χ0n) is 15.7. The van der Waals surface area contributed by atoms with Gasteiger partial charge in [-0.15, -0.1) is 0 Å². The summed E-state index contributed by atoms with van der Waals surface area (Å²) in [6.45, 7) is 3.41. The van der Waals surface area contributed by atoms with Gasteiger partial charge in [0.25, 0.3) is 11.8 Å². The highest BCUT2D eigenvalue weighted by atomic mass is 16.5. The Bertz CT molecular complexity index is 817. The number of nitrogens with zero attached hydrogens (tertiary/aromatic N) is 1. The predicted molar refractivity (Wildman–Crippen MR) is 103 cm³/mol. The number of aryl methyl sites for hydroxylation is 1. The summed E-state index contributed by atoms with van der Waals surface area (Å²) in [6.07, 6.45) is 0.956. The molecule has 0 spiro atoms. The molecule has 1 heterocycles. The molecule has 2 aromatic rings. The van der Waals surface area contributed by atoms with Crippen LogP contribution in [0, 0.1) is 0 Å². The summed E-state index contributed by atoms with van der Waals surface area (Å²) in [7, 11) is 1.60. The monoisotopic (exact) mass is 368 g/mol. The van der Waals surface area contributed by atoms with Crippen molar-refractivity contribution in [2.24, 2.45) is 0 Å². The van der Waals surface area contributed by atoms with Crippen LogP contribution in [0.5, 0.6) is 5.75 Å². The van der Waals surface area contributed by atoms with Gasteiger partial charge in [0.05, 0.1) is 6.61 Å². The van der Waals surface area contributed by atoms with Crippen LogP contribution in [-0.2, 0) is 22.5 Å². The van der Waals surface area contributed by atoms with Crippen LogP contribution in [0.3, 0.4) is 0 Å². The number of hydrogen-bond acceptors (Lipinski definition) is 4. The first-order valence-corrected chi connectivity index (χ1v) is 9.03. The smallest absolute Gasteiger partial charge is 0.260 e. The number of fused-ring (bicyclic) bond motifs is 1. The van der Waals surface area contributed by atoms with Crippen LogP contribution in [0.25, 0.3) is 0 Å². The molecule has 27 heavy (non-hydrogen) atoms. The highest BCUT2D eigenvalue weighted by Crippen LogP contribution is 2.25. The van der Waals surface area contributed by atoms with E-state index in [0.29, 0.717) is 31.0 Å². The van der Waals surface area contributed by atoms with Gasteiger partial charge in [-0.2, -0.15) is 0 Å². The van der Waals surface area contributed by atoms with E-state index >= 15 is 0 Å². The molecule has 0 radical (unpaired) electrons. The van der Waals surface area contributed by atoms with Crippen molar-refractivity contribution in [2.45, 2.75) is 19.9 Å². The predicted octanol–water partition coefficient (Wildman–Crippen LogP) is 2.87. The second-order valence-electron chi connectivity index (χ2n) is 6.42. The van der Waals surface area contributed by atoms with E-state index in [-0.39, 0.29) is 18.4 Å². The van der Waals surface area contributed by atoms with E-state index in [2.05, 4.69) is 12.2 Å². The number of carbonyl (C=O) groups excluding carboxylic acids is 2. The number of methoxy groups -OCH3 is 1. The minimum absolute atomic E-state index is 0.00790. The minimum atomic E-state index is -0.193. The number of anilines is 1. The van der Waals surface area contributed by atoms with E-state index in [1.54, 1.807) is 30.2 Å². The largest absolute Gasteiger partial charge is 0.483 e. The molecule has 1 N–H and O–H groups in total. The van der Waals surface area contributed by atoms with Gasteiger partial charge in [0.15, 0.2) is 6.61 Å². The topological polar surface area (TPSA) is 67.9 Å². The molecule has 0 unspecified atom stereocenters. The van der Waals surface area contributed by atoms with Crippen LogP contribution in [0.4, 0.5) is 5.69 Å². The average Bonchev–Trinajstić information content (AvgIpc) is 2.85. The van der Waals surface area contributed by atoms with Crippen LogP contribution in [-0.4, -0.2) is 43.6 Å². The third-order valence-electron chi connectivity index (χ3n) is 4.57. The van der Waals surface area contributed by atoms with Crippen molar-refractivity contribution in [3.8, 4) is 5.75 Å². The lowest BCUT2D eigenvalue weighted by atomic mass is 10.1. The van der Waals surface area contributed by atoms with Crippen molar-refractivity contribution < 1.29 is 19.1 Å². The van der Waals surface area contributed by atoms with Gasteiger partial charge in [-0.05, 0) is 42.3 Å². The van der Waals surface area contributed by atoms with Gasteiger partial charge in [0, 0.05) is 37.0 Å². The Morgan fingerprint density at radius 2 is 2.00 bits per heavy atom. The molecule has 0 atom stereocenters. The third kappa shape index (κ3) is 4.65. The molecule has 1 aliphatic rings. The maximum atomic E-state index is 12.6. The van der Waals surface area contributed by atoms with Gasteiger partial charge in [0.2, 0.25) is 0 Å². The lowest BCUT2D eigenvalue weighted by Gasteiger charge is -2.19. The minimum Gasteiger partial charge on any atom is -0.483 e. The van der Waals surface area contributed by atoms with E-state index in [4.69, 9.17) is 9.47 Å². The zero-order chi connectivity index (χ0) is 19.2. The Morgan fingerprint density at radius 3 is 2.70 bits per heavy atom. The fourth-order valence-electron chi connectivity index (χ4n) is 2.94. The summed E-state index contributed by atoms with van der Waals surface area (Å²) in [5, 5.41) is 2.91. The standard InChI is InChI=1S/C21H24N2O4/c1-3-15-4-7-18(8-5-15)22-21(25)16-6-9-19-17(12-16)13-23(10-11-26-2)20(24)14-27-19/h4-9,12H,3,10-11,13-14H2,1-2H3,(H,22,25). The van der Waals surface area contributed by atoms with Gasteiger partial charge in [0.1, 0.15) is 5.75 Å². The van der Waals surface area contributed by atoms with E-state index in [0.717, 1.165) is 17.7 Å². The zero-order valence-corrected chi connectivity index (χ0v) is 15.7. The molecule has 0 saturated carbocycles. The van der Waals surface area contributed by atoms with Crippen LogP contribution in [0.2, 0.25) is 0 Å². The van der Waals surface area contributed by atoms with Gasteiger partial charge in [-0.1, -0.05) is 19.1 Å². The number of amides is 2. The molecule has 0 saturated heterocycles. The molecule has 1 aliphatic heterocycles. The fraction of sp³-hybridized carbons (Fsp3) is 0.333. The van der Waals surface area contributed by atoms with Crippen molar-refractivity contribution in [1.82, 2.24) is 4.90 Å². The Labute approximate surface area is 159 Å². The molecule has 2 amide bonds. The van der Waals surface area contributed by atoms with Crippen LogP contribution in [0.1, 0.15) is 28.4 Å². The van der Waals surface area contributed by atoms with Gasteiger partial charge in [-0.25, -0.2) is 0 Å². The summed E-state index contributed by atoms with van der Waals surface area (Å²) in [5.41, 5.74) is 3.31. The number of benzene rings is 2. The summed E-state index contributed by atoms with van der Waals surface area (Å²) in [5.74, 6) is 0.346. The van der Waals surface area contributed by atoms with Crippen molar-refractivity contribution in [2.75, 3.05) is 32.2 Å². The normalized spacial score (nSPS) is 13.6. The molecule has 6 nitrogen and oxygen atoms in total. The first kappa shape index (κ1) is 18.9. The molecule has 0 bridgehead atoms. The van der Waals surface area contributed by atoms with Crippen molar-refractivity contribution in [3.63, 3.8) is 0 Å². The summed E-state index contributed by atoms with van der Waals surface area (Å²) in [4.78, 5) is 26.5. The molecular weight excluding hydrogens is 344 g/mol. The maximum absolute atomic E-state index is 12.6. The van der Waals surface area contributed by atoms with E-state index in [1.807, 2.05) is 24.3 Å². The molecule has 142 valence electrons. The summed E-state index contributed by atoms with van der Waals surface area (Å²) >= 11 is 0. The number of hydrogen-bond donors (Lipinski definition) is 1. The number of rotatable bonds is 6. The molecule has 2 aromatic carbocycles. The highest BCUT2D eigenvalue weighted by Gasteiger charge is 2.22. The maximum Gasteiger partial charge on any atom is 0.260 e. The first-order chi connectivity index (χ1) is 13.1. The van der Waals surface area contributed by atoms with Crippen molar-refractivity contribution in [3.05, 3.63) is 59.2 Å². The molecule has 0 aliphatic carbocycles. The number of nitrogens with one attached hydrogen (secondary N) is 1. The summed E-state index contributed by atoms with van der Waals surface area (Å²) in [6, 6.07) is 13.0. The van der Waals surface area contributed by atoms with E-state index in [9.17, 15) is 9.59 Å². The molecule has 3 rings (SSSR count). The average molecular weight is 368 g/mol. The van der Waals surface area contributed by atoms with Crippen LogP contribution >= 0.6 is 0 Å². The Hall–Kier alpha value is -2.86. The number of ether oxygens (including phenoxy) is 2. The molecule has 0 aromatic heterocycles. The fourth-order valence-corrected chi connectivity index (χ4v) is 2.94. The molecule has 0 fully saturated rings. The highest BCUT2D eigenvalue weighted by molar-refractivity contribution is 6.04.